The van der Waals surface area contributed by atoms with Gasteiger partial charge in [-0.2, -0.15) is 5.26 Å². The fourth-order valence-corrected chi connectivity index (χ4v) is 1.55. The zero-order chi connectivity index (χ0) is 12.8. The molecule has 0 heterocycles. The Hall–Kier alpha value is -1.57. The van der Waals surface area contributed by atoms with E-state index in [0.717, 1.165) is 0 Å². The Balaban J connectivity index is 2.82. The van der Waals surface area contributed by atoms with Gasteiger partial charge in [0.05, 0.1) is 16.5 Å². The minimum Gasteiger partial charge on any atom is -0.330 e. The first-order valence-electron chi connectivity index (χ1n) is 5.33. The van der Waals surface area contributed by atoms with Crippen LogP contribution in [0.4, 0.5) is 5.69 Å². The van der Waals surface area contributed by atoms with E-state index in [0.29, 0.717) is 29.2 Å². The van der Waals surface area contributed by atoms with Crippen LogP contribution in [0.1, 0.15) is 18.9 Å². The van der Waals surface area contributed by atoms with Crippen molar-refractivity contribution in [1.29, 1.82) is 5.26 Å². The number of hydrogen-bond acceptors (Lipinski definition) is 3. The van der Waals surface area contributed by atoms with Gasteiger partial charge in [0.1, 0.15) is 6.07 Å². The Morgan fingerprint density at radius 1 is 1.65 bits per heavy atom. The van der Waals surface area contributed by atoms with Crippen LogP contribution in [0.2, 0.25) is 5.02 Å². The zero-order valence-electron chi connectivity index (χ0n) is 9.53. The molecule has 0 saturated heterocycles. The Morgan fingerprint density at radius 2 is 2.35 bits per heavy atom. The molecular weight excluding hydrogens is 238 g/mol. The Morgan fingerprint density at radius 3 is 2.88 bits per heavy atom. The number of carbonyl (C=O) groups is 1. The summed E-state index contributed by atoms with van der Waals surface area (Å²) in [7, 11) is 0. The summed E-state index contributed by atoms with van der Waals surface area (Å²) in [5.74, 6) is -0.350. The van der Waals surface area contributed by atoms with E-state index < -0.39 is 0 Å². The maximum Gasteiger partial charge on any atom is 0.228 e. The minimum atomic E-state index is -0.212. The summed E-state index contributed by atoms with van der Waals surface area (Å²) >= 11 is 5.79. The number of carbonyl (C=O) groups excluding carboxylic acids is 1. The number of benzene rings is 1. The van der Waals surface area contributed by atoms with Crippen LogP contribution in [0.5, 0.6) is 0 Å². The summed E-state index contributed by atoms with van der Waals surface area (Å²) < 4.78 is 0. The molecular formula is C12H14ClN3O. The lowest BCUT2D eigenvalue weighted by Crippen LogP contribution is -2.28. The molecule has 0 radical (unpaired) electrons. The molecule has 0 aliphatic carbocycles. The van der Waals surface area contributed by atoms with Gasteiger partial charge >= 0.3 is 0 Å². The predicted molar refractivity (Wildman–Crippen MR) is 67.6 cm³/mol. The largest absolute Gasteiger partial charge is 0.330 e. The summed E-state index contributed by atoms with van der Waals surface area (Å²) in [6, 6.07) is 6.74. The maximum atomic E-state index is 11.8. The van der Waals surface area contributed by atoms with E-state index in [2.05, 4.69) is 5.32 Å². The van der Waals surface area contributed by atoms with Gasteiger partial charge in [-0.05, 0) is 24.6 Å². The van der Waals surface area contributed by atoms with Gasteiger partial charge in [-0.15, -0.1) is 0 Å². The first-order chi connectivity index (χ1) is 8.12. The standard InChI is InChI=1S/C12H14ClN3O/c1-2-8(6-14)12(17)16-10-3-4-11(13)9(5-10)7-15/h3-5,8H,2,6,14H2,1H3,(H,16,17). The van der Waals surface area contributed by atoms with Crippen molar-refractivity contribution in [3.05, 3.63) is 28.8 Å². The third kappa shape index (κ3) is 3.45. The lowest BCUT2D eigenvalue weighted by molar-refractivity contribution is -0.119. The highest BCUT2D eigenvalue weighted by molar-refractivity contribution is 6.31. The van der Waals surface area contributed by atoms with E-state index >= 15 is 0 Å². The van der Waals surface area contributed by atoms with Crippen LogP contribution in [0.3, 0.4) is 0 Å². The lowest BCUT2D eigenvalue weighted by atomic mass is 10.1. The van der Waals surface area contributed by atoms with Crippen molar-refractivity contribution in [3.63, 3.8) is 0 Å². The van der Waals surface area contributed by atoms with E-state index in [1.54, 1.807) is 18.2 Å². The van der Waals surface area contributed by atoms with Crippen molar-refractivity contribution in [2.45, 2.75) is 13.3 Å². The number of anilines is 1. The van der Waals surface area contributed by atoms with E-state index in [9.17, 15) is 4.79 Å². The van der Waals surface area contributed by atoms with Crippen LogP contribution in [0, 0.1) is 17.2 Å². The number of nitriles is 1. The average Bonchev–Trinajstić information content (AvgIpc) is 2.33. The van der Waals surface area contributed by atoms with Crippen molar-refractivity contribution in [2.24, 2.45) is 11.7 Å². The highest BCUT2D eigenvalue weighted by Crippen LogP contribution is 2.20. The van der Waals surface area contributed by atoms with Gasteiger partial charge in [-0.1, -0.05) is 18.5 Å². The fourth-order valence-electron chi connectivity index (χ4n) is 1.39. The van der Waals surface area contributed by atoms with Crippen LogP contribution in [0.25, 0.3) is 0 Å². The van der Waals surface area contributed by atoms with Gasteiger partial charge in [-0.25, -0.2) is 0 Å². The molecule has 0 saturated carbocycles. The van der Waals surface area contributed by atoms with Gasteiger partial charge in [0.25, 0.3) is 0 Å². The molecule has 4 nitrogen and oxygen atoms in total. The summed E-state index contributed by atoms with van der Waals surface area (Å²) in [4.78, 5) is 11.8. The second-order valence-corrected chi connectivity index (χ2v) is 4.04. The molecule has 1 amide bonds. The van der Waals surface area contributed by atoms with Crippen LogP contribution in [-0.2, 0) is 4.79 Å². The number of nitrogens with zero attached hydrogens (tertiary/aromatic N) is 1. The molecule has 0 aromatic heterocycles. The van der Waals surface area contributed by atoms with Gasteiger partial charge in [-0.3, -0.25) is 4.79 Å². The van der Waals surface area contributed by atoms with Gasteiger partial charge in [0, 0.05) is 12.2 Å². The average molecular weight is 252 g/mol. The van der Waals surface area contributed by atoms with E-state index in [1.807, 2.05) is 13.0 Å². The van der Waals surface area contributed by atoms with E-state index in [1.165, 1.54) is 0 Å². The van der Waals surface area contributed by atoms with Gasteiger partial charge < -0.3 is 11.1 Å². The zero-order valence-corrected chi connectivity index (χ0v) is 10.3. The number of hydrogen-bond donors (Lipinski definition) is 2. The van der Waals surface area contributed by atoms with Crippen molar-refractivity contribution in [3.8, 4) is 6.07 Å². The van der Waals surface area contributed by atoms with Crippen molar-refractivity contribution in [1.82, 2.24) is 0 Å². The third-order valence-electron chi connectivity index (χ3n) is 2.50. The Kier molecular flexibility index (Phi) is 4.95. The monoisotopic (exact) mass is 251 g/mol. The van der Waals surface area contributed by atoms with E-state index in [-0.39, 0.29) is 11.8 Å². The Bertz CT molecular complexity index is 450. The molecule has 3 N–H and O–H groups in total. The molecule has 1 rings (SSSR count). The molecule has 1 unspecified atom stereocenters. The molecule has 1 aromatic carbocycles. The fraction of sp³-hybridized carbons (Fsp3) is 0.333. The number of halogens is 1. The van der Waals surface area contributed by atoms with Crippen LogP contribution < -0.4 is 11.1 Å². The highest BCUT2D eigenvalue weighted by atomic mass is 35.5. The first kappa shape index (κ1) is 13.5. The first-order valence-corrected chi connectivity index (χ1v) is 5.70. The molecule has 5 heteroatoms. The third-order valence-corrected chi connectivity index (χ3v) is 2.83. The molecule has 1 aromatic rings. The van der Waals surface area contributed by atoms with Gasteiger partial charge in [0.15, 0.2) is 0 Å². The summed E-state index contributed by atoms with van der Waals surface area (Å²) in [6.07, 6.45) is 0.682. The van der Waals surface area contributed by atoms with E-state index in [4.69, 9.17) is 22.6 Å². The molecule has 0 fully saturated rings. The molecule has 0 bridgehead atoms. The lowest BCUT2D eigenvalue weighted by Gasteiger charge is -2.12. The second-order valence-electron chi connectivity index (χ2n) is 3.64. The van der Waals surface area contributed by atoms with Crippen LogP contribution >= 0.6 is 11.6 Å². The second kappa shape index (κ2) is 6.24. The normalized spacial score (nSPS) is 11.6. The molecule has 0 spiro atoms. The van der Waals surface area contributed by atoms with Crippen molar-refractivity contribution >= 4 is 23.2 Å². The minimum absolute atomic E-state index is 0.138. The number of nitrogens with one attached hydrogen (secondary N) is 1. The Labute approximate surface area is 105 Å². The SMILES string of the molecule is CCC(CN)C(=O)Nc1ccc(Cl)c(C#N)c1. The topological polar surface area (TPSA) is 78.9 Å². The van der Waals surface area contributed by atoms with Crippen molar-refractivity contribution in [2.75, 3.05) is 11.9 Å². The maximum absolute atomic E-state index is 11.8. The number of nitrogens with two attached hydrogens (primary N) is 1. The molecule has 1 atom stereocenters. The van der Waals surface area contributed by atoms with Crippen molar-refractivity contribution < 1.29 is 4.79 Å². The molecule has 17 heavy (non-hydrogen) atoms. The number of amides is 1. The summed E-state index contributed by atoms with van der Waals surface area (Å²) in [5, 5.41) is 11.9. The molecule has 0 aliphatic heterocycles. The smallest absolute Gasteiger partial charge is 0.228 e. The molecule has 0 aliphatic rings. The number of rotatable bonds is 4. The quantitative estimate of drug-likeness (QED) is 0.860. The molecule has 90 valence electrons. The van der Waals surface area contributed by atoms with Crippen LogP contribution in [0.15, 0.2) is 18.2 Å². The summed E-state index contributed by atoms with van der Waals surface area (Å²) in [5.41, 5.74) is 6.38. The van der Waals surface area contributed by atoms with Crippen LogP contribution in [-0.4, -0.2) is 12.5 Å². The van der Waals surface area contributed by atoms with Gasteiger partial charge in [0.2, 0.25) is 5.91 Å². The predicted octanol–water partition coefficient (Wildman–Crippen LogP) is 2.14. The highest BCUT2D eigenvalue weighted by Gasteiger charge is 2.14. The summed E-state index contributed by atoms with van der Waals surface area (Å²) in [6.45, 7) is 2.21.